The lowest BCUT2D eigenvalue weighted by molar-refractivity contribution is -0.139. The molecule has 2 N–H and O–H groups in total. The van der Waals surface area contributed by atoms with Gasteiger partial charge in [-0.15, -0.1) is 0 Å². The maximum Gasteiger partial charge on any atom is 0.337 e. The first-order valence-electron chi connectivity index (χ1n) is 9.48. The molecule has 6 nitrogen and oxygen atoms in total. The molecule has 2 amide bonds. The molecule has 1 heterocycles. The third-order valence-corrected chi connectivity index (χ3v) is 4.87. The van der Waals surface area contributed by atoms with Gasteiger partial charge in [0.05, 0.1) is 18.2 Å². The van der Waals surface area contributed by atoms with Gasteiger partial charge in [-0.3, -0.25) is 4.90 Å². The van der Waals surface area contributed by atoms with Crippen molar-refractivity contribution in [1.29, 1.82) is 0 Å². The molecule has 1 aromatic carbocycles. The van der Waals surface area contributed by atoms with Gasteiger partial charge in [0.15, 0.2) is 0 Å². The fourth-order valence-corrected chi connectivity index (χ4v) is 3.37. The number of nitrogens with one attached hydrogen (secondary N) is 2. The van der Waals surface area contributed by atoms with E-state index in [4.69, 9.17) is 4.74 Å². The quantitative estimate of drug-likeness (QED) is 0.686. The Kier molecular flexibility index (Phi) is 6.11. The van der Waals surface area contributed by atoms with Crippen molar-refractivity contribution in [3.05, 3.63) is 46.9 Å². The fraction of sp³-hybridized carbons (Fsp3) is 0.500. The van der Waals surface area contributed by atoms with Crippen molar-refractivity contribution in [3.8, 4) is 0 Å². The molecule has 1 aromatic rings. The van der Waals surface area contributed by atoms with Gasteiger partial charge in [-0.1, -0.05) is 19.1 Å². The van der Waals surface area contributed by atoms with E-state index in [-0.39, 0.29) is 24.5 Å². The lowest BCUT2D eigenvalue weighted by Gasteiger charge is -2.31. The maximum absolute atomic E-state index is 13.2. The maximum atomic E-state index is 13.2. The average molecular weight is 375 g/mol. The molecule has 146 valence electrons. The van der Waals surface area contributed by atoms with Gasteiger partial charge in [-0.2, -0.15) is 0 Å². The van der Waals surface area contributed by atoms with Gasteiger partial charge < -0.3 is 15.4 Å². The highest BCUT2D eigenvalue weighted by molar-refractivity contribution is 5.94. The minimum absolute atomic E-state index is 0.263. The Morgan fingerprint density at radius 3 is 2.52 bits per heavy atom. The molecule has 2 aliphatic rings. The van der Waals surface area contributed by atoms with Gasteiger partial charge in [-0.25, -0.2) is 14.0 Å². The zero-order valence-electron chi connectivity index (χ0n) is 15.8. The Bertz CT molecular complexity index is 728. The zero-order valence-corrected chi connectivity index (χ0v) is 15.8. The van der Waals surface area contributed by atoms with Gasteiger partial charge in [0.2, 0.25) is 0 Å². The molecule has 27 heavy (non-hydrogen) atoms. The number of esters is 1. The van der Waals surface area contributed by atoms with Crippen LogP contribution in [0.3, 0.4) is 0 Å². The summed E-state index contributed by atoms with van der Waals surface area (Å²) in [6.07, 6.45) is 2.76. The van der Waals surface area contributed by atoms with Gasteiger partial charge in [0.1, 0.15) is 5.82 Å². The predicted octanol–water partition coefficient (Wildman–Crippen LogP) is 2.70. The summed E-state index contributed by atoms with van der Waals surface area (Å²) in [7, 11) is 0. The van der Waals surface area contributed by atoms with E-state index in [1.807, 2.05) is 6.92 Å². The third-order valence-electron chi connectivity index (χ3n) is 4.87. The van der Waals surface area contributed by atoms with E-state index in [0.29, 0.717) is 36.8 Å². The summed E-state index contributed by atoms with van der Waals surface area (Å²) < 4.78 is 18.4. The molecule has 0 radical (unpaired) electrons. The molecule has 1 aliphatic heterocycles. The van der Waals surface area contributed by atoms with Gasteiger partial charge in [0, 0.05) is 24.8 Å². The molecular formula is C20H26FN3O3. The van der Waals surface area contributed by atoms with Crippen LogP contribution in [0.25, 0.3) is 0 Å². The highest BCUT2D eigenvalue weighted by atomic mass is 19.1. The fourth-order valence-electron chi connectivity index (χ4n) is 3.37. The lowest BCUT2D eigenvalue weighted by Crippen LogP contribution is -2.52. The number of benzene rings is 1. The van der Waals surface area contributed by atoms with E-state index >= 15 is 0 Å². The molecule has 0 saturated heterocycles. The van der Waals surface area contributed by atoms with Crippen LogP contribution in [0.5, 0.6) is 0 Å². The van der Waals surface area contributed by atoms with Gasteiger partial charge in [-0.05, 0) is 43.9 Å². The Hall–Kier alpha value is -2.41. The second-order valence-electron chi connectivity index (χ2n) is 6.93. The molecule has 7 heteroatoms. The number of nitrogens with zero attached hydrogens (tertiary/aromatic N) is 1. The number of carbonyl (C=O) groups excluding carboxylic acids is 2. The van der Waals surface area contributed by atoms with Crippen LogP contribution in [0.15, 0.2) is 35.5 Å². The molecule has 0 spiro atoms. The molecule has 0 bridgehead atoms. The number of ether oxygens (including phenoxy) is 1. The van der Waals surface area contributed by atoms with E-state index in [9.17, 15) is 14.0 Å². The smallest absolute Gasteiger partial charge is 0.337 e. The van der Waals surface area contributed by atoms with Crippen LogP contribution >= 0.6 is 0 Å². The highest BCUT2D eigenvalue weighted by Crippen LogP contribution is 2.30. The van der Waals surface area contributed by atoms with E-state index in [2.05, 4.69) is 15.5 Å². The van der Waals surface area contributed by atoms with E-state index in [1.165, 1.54) is 12.1 Å². The Morgan fingerprint density at radius 1 is 1.22 bits per heavy atom. The summed E-state index contributed by atoms with van der Waals surface area (Å²) >= 11 is 0. The van der Waals surface area contributed by atoms with Crippen LogP contribution in [0.1, 0.15) is 38.7 Å². The predicted molar refractivity (Wildman–Crippen MR) is 99.2 cm³/mol. The summed E-state index contributed by atoms with van der Waals surface area (Å²) in [5, 5.41) is 5.60. The molecule has 0 unspecified atom stereocenters. The molecule has 1 saturated carbocycles. The molecule has 0 aromatic heterocycles. The van der Waals surface area contributed by atoms with Crippen LogP contribution in [-0.2, 0) is 16.1 Å². The standard InChI is InChI=1S/C20H26FN3O3/c1-3-16-18(19(25)27-4-2)17(23-20(26)22-16)12-24(15-9-10-15)11-13-5-7-14(21)8-6-13/h5-8,15-16H,3-4,9-12H2,1-2H3,(H2,22,23,26)/t16-/m1/s1. The van der Waals surface area contributed by atoms with Crippen LogP contribution < -0.4 is 10.6 Å². The van der Waals surface area contributed by atoms with Crippen LogP contribution in [-0.4, -0.2) is 42.1 Å². The normalized spacial score (nSPS) is 19.7. The van der Waals surface area contributed by atoms with Crippen molar-refractivity contribution in [2.45, 2.75) is 51.7 Å². The SMILES string of the molecule is CCOC(=O)C1=C(CN(Cc2ccc(F)cc2)C2CC2)NC(=O)N[C@@H]1CC. The minimum Gasteiger partial charge on any atom is -0.463 e. The Morgan fingerprint density at radius 2 is 1.93 bits per heavy atom. The van der Waals surface area contributed by atoms with Crippen molar-refractivity contribution in [2.24, 2.45) is 0 Å². The average Bonchev–Trinajstić information content (AvgIpc) is 3.47. The molecule has 1 atom stereocenters. The zero-order chi connectivity index (χ0) is 19.4. The highest BCUT2D eigenvalue weighted by Gasteiger charge is 2.35. The summed E-state index contributed by atoms with van der Waals surface area (Å²) in [6, 6.07) is 6.16. The van der Waals surface area contributed by atoms with Gasteiger partial charge >= 0.3 is 12.0 Å². The number of carbonyl (C=O) groups is 2. The first kappa shape index (κ1) is 19.4. The topological polar surface area (TPSA) is 70.7 Å². The van der Waals surface area contributed by atoms with Crippen molar-refractivity contribution in [2.75, 3.05) is 13.2 Å². The van der Waals surface area contributed by atoms with Crippen LogP contribution in [0.4, 0.5) is 9.18 Å². The Balaban J connectivity index is 1.85. The van der Waals surface area contributed by atoms with Gasteiger partial charge in [0.25, 0.3) is 0 Å². The first-order valence-corrected chi connectivity index (χ1v) is 9.48. The van der Waals surface area contributed by atoms with E-state index in [0.717, 1.165) is 18.4 Å². The molecule has 3 rings (SSSR count). The van der Waals surface area contributed by atoms with Crippen molar-refractivity contribution >= 4 is 12.0 Å². The second kappa shape index (κ2) is 8.52. The first-order chi connectivity index (χ1) is 13.0. The van der Waals surface area contributed by atoms with Crippen molar-refractivity contribution in [3.63, 3.8) is 0 Å². The van der Waals surface area contributed by atoms with Crippen LogP contribution in [0, 0.1) is 5.82 Å². The second-order valence-corrected chi connectivity index (χ2v) is 6.93. The third kappa shape index (κ3) is 4.86. The summed E-state index contributed by atoms with van der Waals surface area (Å²) in [5.74, 6) is -0.662. The minimum atomic E-state index is -0.399. The number of hydrogen-bond acceptors (Lipinski definition) is 4. The van der Waals surface area contributed by atoms with Crippen molar-refractivity contribution in [1.82, 2.24) is 15.5 Å². The number of halogens is 1. The van der Waals surface area contributed by atoms with E-state index < -0.39 is 5.97 Å². The van der Waals surface area contributed by atoms with E-state index in [1.54, 1.807) is 19.1 Å². The summed E-state index contributed by atoms with van der Waals surface area (Å²) in [5.41, 5.74) is 2.08. The number of rotatable bonds is 8. The molecule has 1 fully saturated rings. The number of hydrogen-bond donors (Lipinski definition) is 2. The molecular weight excluding hydrogens is 349 g/mol. The molecule has 1 aliphatic carbocycles. The van der Waals surface area contributed by atoms with Crippen molar-refractivity contribution < 1.29 is 18.7 Å². The number of amides is 2. The largest absolute Gasteiger partial charge is 0.463 e. The van der Waals surface area contributed by atoms with Crippen LogP contribution in [0.2, 0.25) is 0 Å². The monoisotopic (exact) mass is 375 g/mol. The summed E-state index contributed by atoms with van der Waals surface area (Å²) in [6.45, 7) is 5.04. The Labute approximate surface area is 158 Å². The number of urea groups is 1. The lowest BCUT2D eigenvalue weighted by atomic mass is 9.99. The summed E-state index contributed by atoms with van der Waals surface area (Å²) in [4.78, 5) is 26.8.